The van der Waals surface area contributed by atoms with E-state index < -0.39 is 0 Å². The van der Waals surface area contributed by atoms with E-state index in [1.54, 1.807) is 11.3 Å². The highest BCUT2D eigenvalue weighted by atomic mass is 35.5. The Labute approximate surface area is 200 Å². The number of aromatic nitrogens is 3. The number of carbonyl (C=O) groups excluding carboxylic acids is 1. The Morgan fingerprint density at radius 1 is 1.06 bits per heavy atom. The third-order valence-corrected chi connectivity index (χ3v) is 7.71. The van der Waals surface area contributed by atoms with E-state index in [2.05, 4.69) is 38.3 Å². The third-order valence-electron chi connectivity index (χ3n) is 5.49. The lowest BCUT2D eigenvalue weighted by atomic mass is 10.1. The van der Waals surface area contributed by atoms with Crippen LogP contribution in [0, 0.1) is 0 Å². The van der Waals surface area contributed by atoms with Crippen LogP contribution in [-0.2, 0) is 24.3 Å². The molecule has 0 N–H and O–H groups in total. The van der Waals surface area contributed by atoms with Gasteiger partial charge in [0.1, 0.15) is 0 Å². The number of hydrogen-bond donors (Lipinski definition) is 0. The highest BCUT2D eigenvalue weighted by Crippen LogP contribution is 2.28. The molecular weight excluding hydrogens is 460 g/mol. The van der Waals surface area contributed by atoms with Gasteiger partial charge >= 0.3 is 0 Å². The lowest BCUT2D eigenvalue weighted by Gasteiger charge is -2.26. The van der Waals surface area contributed by atoms with Crippen molar-refractivity contribution >= 4 is 40.6 Å². The van der Waals surface area contributed by atoms with E-state index in [1.807, 2.05) is 47.4 Å². The molecular formula is C24H21ClN4OS2. The standard InChI is InChI=1S/C24H21ClN4OS2/c25-20-8-6-18(7-9-20)23-26-27-24(29(23)14-17-4-2-1-3-5-17)32-16-22(30)28-12-10-21-19(15-28)11-13-31-21/h1-9,11,13H,10,12,14-16H2. The van der Waals surface area contributed by atoms with Crippen LogP contribution in [0.2, 0.25) is 5.02 Å². The van der Waals surface area contributed by atoms with Gasteiger partial charge in [0, 0.05) is 28.6 Å². The summed E-state index contributed by atoms with van der Waals surface area (Å²) < 4.78 is 2.07. The van der Waals surface area contributed by atoms with Crippen molar-refractivity contribution in [2.45, 2.75) is 24.7 Å². The van der Waals surface area contributed by atoms with Gasteiger partial charge in [-0.05, 0) is 53.3 Å². The van der Waals surface area contributed by atoms with Crippen molar-refractivity contribution in [3.63, 3.8) is 0 Å². The molecule has 1 aliphatic rings. The van der Waals surface area contributed by atoms with Crippen molar-refractivity contribution in [1.29, 1.82) is 0 Å². The molecule has 2 aromatic heterocycles. The van der Waals surface area contributed by atoms with Crippen LogP contribution in [0.25, 0.3) is 11.4 Å². The fraction of sp³-hybridized carbons (Fsp3) is 0.208. The van der Waals surface area contributed by atoms with Crippen LogP contribution in [0.1, 0.15) is 16.0 Å². The average molecular weight is 481 g/mol. The van der Waals surface area contributed by atoms with Crippen LogP contribution >= 0.6 is 34.7 Å². The molecule has 0 radical (unpaired) electrons. The maximum absolute atomic E-state index is 12.9. The van der Waals surface area contributed by atoms with Crippen molar-refractivity contribution in [3.8, 4) is 11.4 Å². The highest BCUT2D eigenvalue weighted by molar-refractivity contribution is 7.99. The lowest BCUT2D eigenvalue weighted by molar-refractivity contribution is -0.129. The Kier molecular flexibility index (Phi) is 6.30. The van der Waals surface area contributed by atoms with Crippen molar-refractivity contribution in [2.75, 3.05) is 12.3 Å². The van der Waals surface area contributed by atoms with Gasteiger partial charge in [-0.3, -0.25) is 9.36 Å². The van der Waals surface area contributed by atoms with E-state index in [0.717, 1.165) is 35.1 Å². The molecule has 1 amide bonds. The van der Waals surface area contributed by atoms with Crippen molar-refractivity contribution in [3.05, 3.63) is 87.1 Å². The zero-order valence-electron chi connectivity index (χ0n) is 17.3. The first-order valence-corrected chi connectivity index (χ1v) is 12.6. The summed E-state index contributed by atoms with van der Waals surface area (Å²) in [5.41, 5.74) is 3.37. The minimum absolute atomic E-state index is 0.133. The van der Waals surface area contributed by atoms with E-state index in [9.17, 15) is 4.79 Å². The first-order chi connectivity index (χ1) is 15.7. The molecule has 0 unspecified atom stereocenters. The van der Waals surface area contributed by atoms with Gasteiger partial charge < -0.3 is 4.90 Å². The molecule has 2 aromatic carbocycles. The predicted octanol–water partition coefficient (Wildman–Crippen LogP) is 5.39. The van der Waals surface area contributed by atoms with Crippen LogP contribution in [0.5, 0.6) is 0 Å². The first-order valence-electron chi connectivity index (χ1n) is 10.4. The average Bonchev–Trinajstić information content (AvgIpc) is 3.45. The molecule has 32 heavy (non-hydrogen) atoms. The Morgan fingerprint density at radius 3 is 2.69 bits per heavy atom. The van der Waals surface area contributed by atoms with Gasteiger partial charge in [0.2, 0.25) is 5.91 Å². The van der Waals surface area contributed by atoms with E-state index in [1.165, 1.54) is 22.2 Å². The Bertz CT molecular complexity index is 1220. The van der Waals surface area contributed by atoms with E-state index >= 15 is 0 Å². The second-order valence-electron chi connectivity index (χ2n) is 7.61. The predicted molar refractivity (Wildman–Crippen MR) is 130 cm³/mol. The summed E-state index contributed by atoms with van der Waals surface area (Å²) in [7, 11) is 0. The molecule has 0 aliphatic carbocycles. The first kappa shape index (κ1) is 21.2. The van der Waals surface area contributed by atoms with Gasteiger partial charge in [0.25, 0.3) is 0 Å². The Balaban J connectivity index is 1.36. The molecule has 162 valence electrons. The molecule has 3 heterocycles. The van der Waals surface area contributed by atoms with Crippen molar-refractivity contribution in [1.82, 2.24) is 19.7 Å². The molecule has 8 heteroatoms. The third kappa shape index (κ3) is 4.60. The Hall–Kier alpha value is -2.61. The fourth-order valence-electron chi connectivity index (χ4n) is 3.80. The molecule has 4 aromatic rings. The van der Waals surface area contributed by atoms with Crippen molar-refractivity contribution < 1.29 is 4.79 Å². The number of amides is 1. The molecule has 5 nitrogen and oxygen atoms in total. The summed E-state index contributed by atoms with van der Waals surface area (Å²) in [5, 5.41) is 12.4. The number of halogens is 1. The monoisotopic (exact) mass is 480 g/mol. The molecule has 0 saturated heterocycles. The number of benzene rings is 2. The largest absolute Gasteiger partial charge is 0.337 e. The molecule has 1 aliphatic heterocycles. The van der Waals surface area contributed by atoms with Gasteiger partial charge in [-0.1, -0.05) is 53.7 Å². The second kappa shape index (κ2) is 9.48. The molecule has 0 saturated carbocycles. The smallest absolute Gasteiger partial charge is 0.233 e. The van der Waals surface area contributed by atoms with Crippen LogP contribution < -0.4 is 0 Å². The SMILES string of the molecule is O=C(CSc1nnc(-c2ccc(Cl)cc2)n1Cc1ccccc1)N1CCc2sccc2C1. The number of thioether (sulfide) groups is 1. The van der Waals surface area contributed by atoms with Crippen LogP contribution in [0.4, 0.5) is 0 Å². The molecule has 0 spiro atoms. The van der Waals surface area contributed by atoms with Gasteiger partial charge in [-0.2, -0.15) is 0 Å². The number of nitrogens with zero attached hydrogens (tertiary/aromatic N) is 4. The summed E-state index contributed by atoms with van der Waals surface area (Å²) in [6, 6.07) is 19.9. The number of thiophene rings is 1. The normalized spacial score (nSPS) is 13.2. The van der Waals surface area contributed by atoms with Gasteiger partial charge in [0.15, 0.2) is 11.0 Å². The summed E-state index contributed by atoms with van der Waals surface area (Å²) in [6.07, 6.45) is 0.939. The molecule has 0 atom stereocenters. The number of hydrogen-bond acceptors (Lipinski definition) is 5. The zero-order chi connectivity index (χ0) is 21.9. The maximum Gasteiger partial charge on any atom is 0.233 e. The quantitative estimate of drug-likeness (QED) is 0.347. The zero-order valence-corrected chi connectivity index (χ0v) is 19.7. The van der Waals surface area contributed by atoms with E-state index in [-0.39, 0.29) is 5.91 Å². The molecule has 5 rings (SSSR count). The topological polar surface area (TPSA) is 51.0 Å². The van der Waals surface area contributed by atoms with E-state index in [0.29, 0.717) is 23.9 Å². The summed E-state index contributed by atoms with van der Waals surface area (Å²) in [5.74, 6) is 1.24. The number of carbonyl (C=O) groups is 1. The van der Waals surface area contributed by atoms with Crippen molar-refractivity contribution in [2.24, 2.45) is 0 Å². The Morgan fingerprint density at radius 2 is 1.88 bits per heavy atom. The van der Waals surface area contributed by atoms with E-state index in [4.69, 9.17) is 11.6 Å². The lowest BCUT2D eigenvalue weighted by Crippen LogP contribution is -2.36. The second-order valence-corrected chi connectivity index (χ2v) is 9.99. The minimum Gasteiger partial charge on any atom is -0.337 e. The fourth-order valence-corrected chi connectivity index (χ4v) is 5.65. The van der Waals surface area contributed by atoms with Crippen LogP contribution in [0.15, 0.2) is 71.2 Å². The number of rotatable bonds is 6. The van der Waals surface area contributed by atoms with Gasteiger partial charge in [-0.25, -0.2) is 0 Å². The summed E-state index contributed by atoms with van der Waals surface area (Å²) >= 11 is 9.29. The highest BCUT2D eigenvalue weighted by Gasteiger charge is 2.23. The van der Waals surface area contributed by atoms with Gasteiger partial charge in [-0.15, -0.1) is 21.5 Å². The number of fused-ring (bicyclic) bond motifs is 1. The summed E-state index contributed by atoms with van der Waals surface area (Å²) in [6.45, 7) is 2.11. The maximum atomic E-state index is 12.9. The van der Waals surface area contributed by atoms with Crippen LogP contribution in [0.3, 0.4) is 0 Å². The van der Waals surface area contributed by atoms with Gasteiger partial charge in [0.05, 0.1) is 12.3 Å². The van der Waals surface area contributed by atoms with Crippen LogP contribution in [-0.4, -0.2) is 37.9 Å². The summed E-state index contributed by atoms with van der Waals surface area (Å²) in [4.78, 5) is 16.3. The molecule has 0 bridgehead atoms. The minimum atomic E-state index is 0.133. The molecule has 0 fully saturated rings.